The third kappa shape index (κ3) is 4.11. The van der Waals surface area contributed by atoms with Crippen molar-refractivity contribution in [1.82, 2.24) is 0 Å². The van der Waals surface area contributed by atoms with Crippen molar-refractivity contribution in [2.45, 2.75) is 38.7 Å². The molecule has 1 aromatic carbocycles. The Labute approximate surface area is 179 Å². The van der Waals surface area contributed by atoms with Crippen molar-refractivity contribution < 1.29 is 36.6 Å². The molecule has 4 rings (SSSR count). The van der Waals surface area contributed by atoms with Crippen LogP contribution >= 0.6 is 11.3 Å². The molecule has 31 heavy (non-hydrogen) atoms. The van der Waals surface area contributed by atoms with E-state index in [1.54, 1.807) is 6.92 Å². The molecule has 5 nitrogen and oxygen atoms in total. The lowest BCUT2D eigenvalue weighted by Crippen LogP contribution is -2.26. The second-order valence-corrected chi connectivity index (χ2v) is 8.57. The molecule has 166 valence electrons. The van der Waals surface area contributed by atoms with Crippen molar-refractivity contribution in [2.24, 2.45) is 5.92 Å². The summed E-state index contributed by atoms with van der Waals surface area (Å²) >= 11 is 1.07. The smallest absolute Gasteiger partial charge is 0.381 e. The van der Waals surface area contributed by atoms with Gasteiger partial charge in [0, 0.05) is 29.6 Å². The lowest BCUT2D eigenvalue weighted by molar-refractivity contribution is -0.138. The van der Waals surface area contributed by atoms with Crippen LogP contribution in [0.3, 0.4) is 0 Å². The molecule has 2 aliphatic rings. The Morgan fingerprint density at radius 2 is 1.87 bits per heavy atom. The Kier molecular flexibility index (Phi) is 5.89. The predicted molar refractivity (Wildman–Crippen MR) is 105 cm³/mol. The van der Waals surface area contributed by atoms with Crippen LogP contribution in [0.25, 0.3) is 0 Å². The molecule has 1 saturated heterocycles. The minimum Gasteiger partial charge on any atom is -0.381 e. The zero-order valence-corrected chi connectivity index (χ0v) is 17.3. The number of Topliss-reactive ketones (excluding diaryl/α,β-unsaturated/α-hetero) is 1. The van der Waals surface area contributed by atoms with Crippen molar-refractivity contribution in [2.75, 3.05) is 18.5 Å². The topological polar surface area (TPSA) is 64.6 Å². The van der Waals surface area contributed by atoms with E-state index < -0.39 is 35.1 Å². The molecule has 1 aromatic heterocycles. The first-order valence-corrected chi connectivity index (χ1v) is 10.6. The second-order valence-electron chi connectivity index (χ2n) is 7.46. The van der Waals surface area contributed by atoms with Crippen molar-refractivity contribution in [3.63, 3.8) is 0 Å². The number of rotatable bonds is 4. The number of thiophene rings is 1. The molecule has 0 radical (unpaired) electrons. The number of halogens is 4. The van der Waals surface area contributed by atoms with Crippen LogP contribution < -0.4 is 5.32 Å². The standard InChI is InChI=1S/C21H19F4NO4S/c1-10-15-14(9-30-10)31-20(17(15)18(27)11-5-7-29-8-6-11)26-19(28)16-12(21(23,24)25)3-2-4-13(16)22/h2-4,10-11H,5-9H2,1H3,(H,26,28). The number of amides is 1. The van der Waals surface area contributed by atoms with Gasteiger partial charge in [0.05, 0.1) is 29.4 Å². The number of benzene rings is 1. The number of nitrogens with one attached hydrogen (secondary N) is 1. The number of ketones is 1. The van der Waals surface area contributed by atoms with E-state index in [9.17, 15) is 27.2 Å². The SMILES string of the molecule is CC1OCc2sc(NC(=O)c3c(F)cccc3C(F)(F)F)c(C(=O)C3CCOCC3)c21. The maximum atomic E-state index is 14.2. The van der Waals surface area contributed by atoms with Crippen LogP contribution in [0.4, 0.5) is 22.6 Å². The third-order valence-corrected chi connectivity index (χ3v) is 6.60. The maximum absolute atomic E-state index is 14.2. The molecular formula is C21H19F4NO4S. The molecule has 1 N–H and O–H groups in total. The first-order valence-electron chi connectivity index (χ1n) is 9.74. The van der Waals surface area contributed by atoms with Gasteiger partial charge in [-0.15, -0.1) is 11.3 Å². The fourth-order valence-corrected chi connectivity index (χ4v) is 5.17. The Morgan fingerprint density at radius 3 is 2.55 bits per heavy atom. The predicted octanol–water partition coefficient (Wildman–Crippen LogP) is 5.36. The van der Waals surface area contributed by atoms with Crippen molar-refractivity contribution in [1.29, 1.82) is 0 Å². The summed E-state index contributed by atoms with van der Waals surface area (Å²) in [6, 6.07) is 2.34. The minimum atomic E-state index is -4.91. The normalized spacial score (nSPS) is 19.3. The zero-order valence-electron chi connectivity index (χ0n) is 16.5. The number of anilines is 1. The number of ether oxygens (including phenoxy) is 2. The van der Waals surface area contributed by atoms with Gasteiger partial charge in [0.15, 0.2) is 5.78 Å². The highest BCUT2D eigenvalue weighted by atomic mass is 32.1. The fourth-order valence-electron chi connectivity index (χ4n) is 3.97. The summed E-state index contributed by atoms with van der Waals surface area (Å²) in [4.78, 5) is 26.8. The molecule has 0 aliphatic carbocycles. The lowest BCUT2D eigenvalue weighted by Gasteiger charge is -2.22. The Bertz CT molecular complexity index is 1030. The molecule has 0 spiro atoms. The molecule has 2 aliphatic heterocycles. The summed E-state index contributed by atoms with van der Waals surface area (Å²) in [6.45, 7) is 2.86. The van der Waals surface area contributed by atoms with Crippen LogP contribution in [0.1, 0.15) is 62.6 Å². The molecule has 1 unspecified atom stereocenters. The molecule has 1 atom stereocenters. The van der Waals surface area contributed by atoms with E-state index in [0.29, 0.717) is 37.7 Å². The highest BCUT2D eigenvalue weighted by Gasteiger charge is 2.39. The van der Waals surface area contributed by atoms with E-state index >= 15 is 0 Å². The van der Waals surface area contributed by atoms with E-state index in [4.69, 9.17) is 9.47 Å². The summed E-state index contributed by atoms with van der Waals surface area (Å²) in [5, 5.41) is 2.51. The molecule has 1 amide bonds. The number of alkyl halides is 3. The highest BCUT2D eigenvalue weighted by molar-refractivity contribution is 7.17. The average molecular weight is 457 g/mol. The van der Waals surface area contributed by atoms with Crippen LogP contribution in [0.15, 0.2) is 18.2 Å². The fraction of sp³-hybridized carbons (Fsp3) is 0.429. The van der Waals surface area contributed by atoms with Crippen LogP contribution in [0.2, 0.25) is 0 Å². The van der Waals surface area contributed by atoms with Gasteiger partial charge >= 0.3 is 6.18 Å². The number of hydrogen-bond donors (Lipinski definition) is 1. The second kappa shape index (κ2) is 8.33. The summed E-state index contributed by atoms with van der Waals surface area (Å²) in [7, 11) is 0. The molecule has 2 aromatic rings. The number of hydrogen-bond acceptors (Lipinski definition) is 5. The van der Waals surface area contributed by atoms with Crippen LogP contribution in [0, 0.1) is 11.7 Å². The Morgan fingerprint density at radius 1 is 1.16 bits per heavy atom. The molecular weight excluding hydrogens is 438 g/mol. The minimum absolute atomic E-state index is 0.123. The summed E-state index contributed by atoms with van der Waals surface area (Å²) in [5.41, 5.74) is -1.59. The summed E-state index contributed by atoms with van der Waals surface area (Å²) in [6.07, 6.45) is -4.28. The van der Waals surface area contributed by atoms with Gasteiger partial charge in [0.2, 0.25) is 0 Å². The van der Waals surface area contributed by atoms with Crippen molar-refractivity contribution in [3.8, 4) is 0 Å². The highest BCUT2D eigenvalue weighted by Crippen LogP contribution is 2.45. The van der Waals surface area contributed by atoms with Gasteiger partial charge in [-0.1, -0.05) is 6.07 Å². The van der Waals surface area contributed by atoms with E-state index in [2.05, 4.69) is 5.32 Å². The number of fused-ring (bicyclic) bond motifs is 1. The Hall–Kier alpha value is -2.30. The van der Waals surface area contributed by atoms with Gasteiger partial charge in [0.25, 0.3) is 5.91 Å². The monoisotopic (exact) mass is 457 g/mol. The average Bonchev–Trinajstić information content (AvgIpc) is 3.26. The maximum Gasteiger partial charge on any atom is 0.417 e. The number of carbonyl (C=O) groups is 2. The summed E-state index contributed by atoms with van der Waals surface area (Å²) in [5.74, 6) is -3.07. The van der Waals surface area contributed by atoms with Gasteiger partial charge in [0.1, 0.15) is 10.8 Å². The Balaban J connectivity index is 1.73. The first-order chi connectivity index (χ1) is 14.7. The number of carbonyl (C=O) groups excluding carboxylic acids is 2. The van der Waals surface area contributed by atoms with Crippen LogP contribution in [-0.4, -0.2) is 24.9 Å². The first kappa shape index (κ1) is 21.9. The largest absolute Gasteiger partial charge is 0.417 e. The van der Waals surface area contributed by atoms with E-state index in [1.807, 2.05) is 0 Å². The third-order valence-electron chi connectivity index (χ3n) is 5.50. The van der Waals surface area contributed by atoms with Crippen molar-refractivity contribution in [3.05, 3.63) is 51.1 Å². The molecule has 1 fully saturated rings. The van der Waals surface area contributed by atoms with Gasteiger partial charge in [-0.3, -0.25) is 9.59 Å². The van der Waals surface area contributed by atoms with Gasteiger partial charge in [-0.25, -0.2) is 4.39 Å². The van der Waals surface area contributed by atoms with Gasteiger partial charge in [-0.05, 0) is 31.9 Å². The molecule has 0 saturated carbocycles. The van der Waals surface area contributed by atoms with E-state index in [1.165, 1.54) is 0 Å². The van der Waals surface area contributed by atoms with Crippen molar-refractivity contribution >= 4 is 28.0 Å². The van der Waals surface area contributed by atoms with E-state index in [-0.39, 0.29) is 28.9 Å². The van der Waals surface area contributed by atoms with Crippen LogP contribution in [0.5, 0.6) is 0 Å². The lowest BCUT2D eigenvalue weighted by atomic mass is 9.89. The molecule has 3 heterocycles. The zero-order chi connectivity index (χ0) is 22.3. The van der Waals surface area contributed by atoms with Gasteiger partial charge < -0.3 is 14.8 Å². The molecule has 0 bridgehead atoms. The van der Waals surface area contributed by atoms with Gasteiger partial charge in [-0.2, -0.15) is 13.2 Å². The molecule has 10 heteroatoms. The van der Waals surface area contributed by atoms with Crippen LogP contribution in [-0.2, 0) is 22.3 Å². The quantitative estimate of drug-likeness (QED) is 0.496. The summed E-state index contributed by atoms with van der Waals surface area (Å²) < 4.78 is 65.1. The van der Waals surface area contributed by atoms with E-state index in [0.717, 1.165) is 28.3 Å².